The maximum Gasteiger partial charge on any atom is 0.295 e. The Morgan fingerprint density at radius 1 is 1.00 bits per heavy atom. The number of aryl methyl sites for hydroxylation is 1. The van der Waals surface area contributed by atoms with Crippen LogP contribution in [0.25, 0.3) is 5.76 Å². The van der Waals surface area contributed by atoms with Crippen molar-refractivity contribution in [3.63, 3.8) is 0 Å². The van der Waals surface area contributed by atoms with Crippen molar-refractivity contribution in [2.45, 2.75) is 32.9 Å². The molecule has 0 aliphatic carbocycles. The molecule has 1 aliphatic heterocycles. The van der Waals surface area contributed by atoms with Gasteiger partial charge in [0.15, 0.2) is 0 Å². The van der Waals surface area contributed by atoms with Crippen LogP contribution in [0.1, 0.15) is 41.6 Å². The summed E-state index contributed by atoms with van der Waals surface area (Å²) < 4.78 is 11.0. The quantitative estimate of drug-likeness (QED) is 0.231. The highest BCUT2D eigenvalue weighted by Crippen LogP contribution is 2.41. The van der Waals surface area contributed by atoms with Crippen LogP contribution in [0, 0.1) is 6.92 Å². The summed E-state index contributed by atoms with van der Waals surface area (Å²) in [5, 5.41) is 11.4. The molecule has 7 nitrogen and oxygen atoms in total. The highest BCUT2D eigenvalue weighted by atomic mass is 16.5. The number of likely N-dealkylation sites (tertiary alicyclic amines) is 1. The van der Waals surface area contributed by atoms with Gasteiger partial charge < -0.3 is 24.4 Å². The maximum atomic E-state index is 13.4. The number of benzene rings is 3. The van der Waals surface area contributed by atoms with Gasteiger partial charge in [-0.05, 0) is 72.5 Å². The van der Waals surface area contributed by atoms with Crippen molar-refractivity contribution in [1.82, 2.24) is 4.90 Å². The molecule has 1 fully saturated rings. The number of Topliss-reactive ketones (excluding diaryl/α,β-unsaturated/α-hetero) is 1. The minimum absolute atomic E-state index is 0.0720. The molecule has 0 bridgehead atoms. The van der Waals surface area contributed by atoms with Gasteiger partial charge >= 0.3 is 0 Å². The fourth-order valence-corrected chi connectivity index (χ4v) is 4.60. The van der Waals surface area contributed by atoms with Gasteiger partial charge in [-0.3, -0.25) is 9.59 Å². The molecule has 198 valence electrons. The number of methoxy groups -OCH3 is 1. The lowest BCUT2D eigenvalue weighted by atomic mass is 9.94. The Kier molecular flexibility index (Phi) is 8.05. The molecule has 0 aromatic heterocycles. The number of rotatable bonds is 9. The van der Waals surface area contributed by atoms with Crippen LogP contribution in [0.3, 0.4) is 0 Å². The second kappa shape index (κ2) is 11.4. The van der Waals surface area contributed by atoms with Gasteiger partial charge in [-0.2, -0.15) is 0 Å². The number of anilines is 1. The lowest BCUT2D eigenvalue weighted by Crippen LogP contribution is -2.29. The van der Waals surface area contributed by atoms with Gasteiger partial charge in [-0.1, -0.05) is 31.2 Å². The predicted octanol–water partition coefficient (Wildman–Crippen LogP) is 5.48. The van der Waals surface area contributed by atoms with Gasteiger partial charge in [-0.15, -0.1) is 0 Å². The standard InChI is InChI=1S/C31H34N2O5/c1-6-17-38-26-16-11-23(18-20(26)2)29(34)27-28(22-9-12-24(13-10-22)32(3)4)33(31(36)30(27)35)19-21-7-14-25(37-5)15-8-21/h7-16,18,28,34H,6,17,19H2,1-5H3/b29-27-. The SMILES string of the molecule is CCCOc1ccc(/C(O)=C2/C(=O)C(=O)N(Cc3ccc(OC)cc3)C2c2ccc(N(C)C)cc2)cc1C. The van der Waals surface area contributed by atoms with Crippen LogP contribution >= 0.6 is 0 Å². The summed E-state index contributed by atoms with van der Waals surface area (Å²) in [6, 6.07) is 19.6. The van der Waals surface area contributed by atoms with Crippen LogP contribution in [-0.2, 0) is 16.1 Å². The fourth-order valence-electron chi connectivity index (χ4n) is 4.60. The minimum atomic E-state index is -0.746. The minimum Gasteiger partial charge on any atom is -0.507 e. The normalized spacial score (nSPS) is 16.6. The summed E-state index contributed by atoms with van der Waals surface area (Å²) in [5.41, 5.74) is 3.94. The lowest BCUT2D eigenvalue weighted by Gasteiger charge is -2.26. The summed E-state index contributed by atoms with van der Waals surface area (Å²) in [5.74, 6) is -0.134. The van der Waals surface area contributed by atoms with Crippen molar-refractivity contribution in [3.8, 4) is 11.5 Å². The number of amides is 1. The first-order valence-electron chi connectivity index (χ1n) is 12.7. The third kappa shape index (κ3) is 5.37. The van der Waals surface area contributed by atoms with Gasteiger partial charge in [0.2, 0.25) is 0 Å². The molecule has 1 saturated heterocycles. The van der Waals surface area contributed by atoms with Crippen LogP contribution in [0.2, 0.25) is 0 Å². The zero-order chi connectivity index (χ0) is 27.4. The van der Waals surface area contributed by atoms with E-state index in [4.69, 9.17) is 9.47 Å². The van der Waals surface area contributed by atoms with Crippen molar-refractivity contribution in [3.05, 3.63) is 94.6 Å². The number of aliphatic hydroxyl groups excluding tert-OH is 1. The number of carbonyl (C=O) groups excluding carboxylic acids is 2. The number of aliphatic hydroxyl groups is 1. The lowest BCUT2D eigenvalue weighted by molar-refractivity contribution is -0.140. The fraction of sp³-hybridized carbons (Fsp3) is 0.290. The van der Waals surface area contributed by atoms with Gasteiger partial charge in [0.25, 0.3) is 11.7 Å². The third-order valence-corrected chi connectivity index (χ3v) is 6.69. The summed E-state index contributed by atoms with van der Waals surface area (Å²) >= 11 is 0. The molecule has 4 rings (SSSR count). The number of carbonyl (C=O) groups is 2. The average molecular weight is 515 g/mol. The first-order valence-corrected chi connectivity index (χ1v) is 12.7. The molecule has 3 aromatic carbocycles. The number of hydrogen-bond donors (Lipinski definition) is 1. The molecule has 3 aromatic rings. The van der Waals surface area contributed by atoms with Crippen LogP contribution in [0.5, 0.6) is 11.5 Å². The highest BCUT2D eigenvalue weighted by molar-refractivity contribution is 6.46. The van der Waals surface area contributed by atoms with Crippen LogP contribution in [0.4, 0.5) is 5.69 Å². The van der Waals surface area contributed by atoms with E-state index in [0.29, 0.717) is 17.9 Å². The summed E-state index contributed by atoms with van der Waals surface area (Å²) in [7, 11) is 5.48. The molecule has 1 unspecified atom stereocenters. The highest BCUT2D eigenvalue weighted by Gasteiger charge is 2.46. The van der Waals surface area contributed by atoms with E-state index >= 15 is 0 Å². The average Bonchev–Trinajstić information content (AvgIpc) is 3.17. The Bertz CT molecular complexity index is 1340. The van der Waals surface area contributed by atoms with Crippen molar-refractivity contribution in [2.24, 2.45) is 0 Å². The monoisotopic (exact) mass is 514 g/mol. The van der Waals surface area contributed by atoms with E-state index in [-0.39, 0.29) is 17.9 Å². The molecule has 38 heavy (non-hydrogen) atoms. The Labute approximate surface area is 223 Å². The zero-order valence-electron chi connectivity index (χ0n) is 22.5. The second-order valence-electron chi connectivity index (χ2n) is 9.59. The van der Waals surface area contributed by atoms with Gasteiger partial charge in [0, 0.05) is 31.9 Å². The van der Waals surface area contributed by atoms with E-state index in [2.05, 4.69) is 0 Å². The van der Waals surface area contributed by atoms with E-state index < -0.39 is 17.7 Å². The van der Waals surface area contributed by atoms with Gasteiger partial charge in [-0.25, -0.2) is 0 Å². The topological polar surface area (TPSA) is 79.3 Å². The number of nitrogens with zero attached hydrogens (tertiary/aromatic N) is 2. The first kappa shape index (κ1) is 26.8. The molecular weight excluding hydrogens is 480 g/mol. The van der Waals surface area contributed by atoms with Crippen molar-refractivity contribution >= 4 is 23.1 Å². The summed E-state index contributed by atoms with van der Waals surface area (Å²) in [4.78, 5) is 30.3. The Balaban J connectivity index is 1.80. The largest absolute Gasteiger partial charge is 0.507 e. The van der Waals surface area contributed by atoms with Gasteiger partial charge in [0.05, 0.1) is 25.3 Å². The van der Waals surface area contributed by atoms with Crippen LogP contribution < -0.4 is 14.4 Å². The van der Waals surface area contributed by atoms with Crippen LogP contribution in [0.15, 0.2) is 72.3 Å². The van der Waals surface area contributed by atoms with Crippen molar-refractivity contribution in [1.29, 1.82) is 0 Å². The van der Waals surface area contributed by atoms with E-state index in [1.165, 1.54) is 4.90 Å². The van der Waals surface area contributed by atoms with Gasteiger partial charge in [0.1, 0.15) is 17.3 Å². The molecule has 1 amide bonds. The zero-order valence-corrected chi connectivity index (χ0v) is 22.5. The molecule has 7 heteroatoms. The number of hydrogen-bond acceptors (Lipinski definition) is 6. The van der Waals surface area contributed by atoms with Crippen LogP contribution in [-0.4, -0.2) is 49.5 Å². The van der Waals surface area contributed by atoms with E-state index in [1.54, 1.807) is 25.3 Å². The maximum absolute atomic E-state index is 13.4. The Hall–Kier alpha value is -4.26. The predicted molar refractivity (Wildman–Crippen MR) is 149 cm³/mol. The van der Waals surface area contributed by atoms with E-state index in [1.807, 2.05) is 81.4 Å². The molecule has 0 saturated carbocycles. The number of ketones is 1. The third-order valence-electron chi connectivity index (χ3n) is 6.69. The summed E-state index contributed by atoms with van der Waals surface area (Å²) in [6.45, 7) is 4.72. The molecular formula is C31H34N2O5. The molecule has 0 radical (unpaired) electrons. The molecule has 1 aliphatic rings. The Morgan fingerprint density at radius 3 is 2.26 bits per heavy atom. The molecule has 0 spiro atoms. The number of ether oxygens (including phenoxy) is 2. The molecule has 1 atom stereocenters. The molecule has 1 N–H and O–H groups in total. The summed E-state index contributed by atoms with van der Waals surface area (Å²) in [6.07, 6.45) is 0.880. The van der Waals surface area contributed by atoms with E-state index in [0.717, 1.165) is 34.5 Å². The first-order chi connectivity index (χ1) is 18.2. The van der Waals surface area contributed by atoms with E-state index in [9.17, 15) is 14.7 Å². The van der Waals surface area contributed by atoms with Crippen molar-refractivity contribution < 1.29 is 24.2 Å². The van der Waals surface area contributed by atoms with Crippen molar-refractivity contribution in [2.75, 3.05) is 32.7 Å². The second-order valence-corrected chi connectivity index (χ2v) is 9.59. The smallest absolute Gasteiger partial charge is 0.295 e. The Morgan fingerprint density at radius 2 is 1.68 bits per heavy atom. The molecule has 1 heterocycles.